The summed E-state index contributed by atoms with van der Waals surface area (Å²) in [5.74, 6) is -0.00879. The molecule has 0 spiro atoms. The number of aryl methyl sites for hydroxylation is 1. The summed E-state index contributed by atoms with van der Waals surface area (Å²) in [5, 5.41) is 8.18. The summed E-state index contributed by atoms with van der Waals surface area (Å²) in [6.45, 7) is 3.64. The highest BCUT2D eigenvalue weighted by atomic mass is 32.1. The molecule has 0 unspecified atom stereocenters. The molecular formula is C16H16N2OS. The predicted molar refractivity (Wildman–Crippen MR) is 81.9 cm³/mol. The molecule has 0 saturated carbocycles. The first kappa shape index (κ1) is 13.1. The topological polar surface area (TPSA) is 32.7 Å². The van der Waals surface area contributed by atoms with Crippen LogP contribution in [0.25, 0.3) is 0 Å². The molecule has 0 bridgehead atoms. The molecule has 2 heterocycles. The van der Waals surface area contributed by atoms with E-state index < -0.39 is 0 Å². The van der Waals surface area contributed by atoms with Gasteiger partial charge in [0.15, 0.2) is 0 Å². The zero-order chi connectivity index (χ0) is 14.1. The standard InChI is InChI=1S/C16H16N2OS/c1-11-5-7-13(8-6-11)14-10-15(16-4-3-9-20-16)18(17-14)12(2)19/h3-9,15H,10H2,1-2H3/t15-/m0/s1. The van der Waals surface area contributed by atoms with Crippen LogP contribution in [0.2, 0.25) is 0 Å². The van der Waals surface area contributed by atoms with Gasteiger partial charge in [0.05, 0.1) is 11.8 Å². The molecule has 1 atom stereocenters. The number of rotatable bonds is 2. The molecule has 2 aromatic rings. The molecule has 3 rings (SSSR count). The molecule has 1 aromatic carbocycles. The fourth-order valence-electron chi connectivity index (χ4n) is 2.42. The van der Waals surface area contributed by atoms with Gasteiger partial charge in [0.2, 0.25) is 5.91 Å². The van der Waals surface area contributed by atoms with Gasteiger partial charge < -0.3 is 0 Å². The van der Waals surface area contributed by atoms with Crippen LogP contribution in [0, 0.1) is 6.92 Å². The van der Waals surface area contributed by atoms with Crippen LogP contribution in [0.4, 0.5) is 0 Å². The second kappa shape index (κ2) is 5.21. The third-order valence-electron chi connectivity index (χ3n) is 3.49. The van der Waals surface area contributed by atoms with Crippen LogP contribution in [-0.2, 0) is 4.79 Å². The second-order valence-electron chi connectivity index (χ2n) is 5.01. The molecule has 20 heavy (non-hydrogen) atoms. The number of hydrazone groups is 1. The van der Waals surface area contributed by atoms with Gasteiger partial charge in [-0.2, -0.15) is 5.10 Å². The Morgan fingerprint density at radius 1 is 1.30 bits per heavy atom. The van der Waals surface area contributed by atoms with E-state index in [0.717, 1.165) is 17.7 Å². The van der Waals surface area contributed by atoms with Crippen LogP contribution < -0.4 is 0 Å². The smallest absolute Gasteiger partial charge is 0.240 e. The minimum Gasteiger partial charge on any atom is -0.273 e. The van der Waals surface area contributed by atoms with Gasteiger partial charge in [0, 0.05) is 18.2 Å². The summed E-state index contributed by atoms with van der Waals surface area (Å²) in [6, 6.07) is 12.4. The third-order valence-corrected chi connectivity index (χ3v) is 4.46. The SMILES string of the molecule is CC(=O)N1N=C(c2ccc(C)cc2)C[C@H]1c1cccs1. The number of hydrogen-bond acceptors (Lipinski definition) is 3. The first-order valence-corrected chi connectivity index (χ1v) is 7.51. The molecule has 0 aliphatic carbocycles. The van der Waals surface area contributed by atoms with E-state index in [1.807, 2.05) is 11.4 Å². The van der Waals surface area contributed by atoms with Gasteiger partial charge in [-0.15, -0.1) is 11.3 Å². The molecule has 1 aromatic heterocycles. The van der Waals surface area contributed by atoms with Gasteiger partial charge in [0.25, 0.3) is 0 Å². The lowest BCUT2D eigenvalue weighted by molar-refractivity contribution is -0.130. The van der Waals surface area contributed by atoms with Crippen molar-refractivity contribution in [3.63, 3.8) is 0 Å². The maximum atomic E-state index is 11.8. The van der Waals surface area contributed by atoms with Crippen molar-refractivity contribution in [2.24, 2.45) is 5.10 Å². The first-order valence-electron chi connectivity index (χ1n) is 6.63. The predicted octanol–water partition coefficient (Wildman–Crippen LogP) is 3.75. The van der Waals surface area contributed by atoms with Gasteiger partial charge >= 0.3 is 0 Å². The van der Waals surface area contributed by atoms with Crippen LogP contribution in [0.3, 0.4) is 0 Å². The quantitative estimate of drug-likeness (QED) is 0.826. The lowest BCUT2D eigenvalue weighted by atomic mass is 10.0. The molecule has 3 nitrogen and oxygen atoms in total. The number of amides is 1. The fourth-order valence-corrected chi connectivity index (χ4v) is 3.24. The first-order chi connectivity index (χ1) is 9.65. The van der Waals surface area contributed by atoms with Gasteiger partial charge in [-0.05, 0) is 23.9 Å². The molecule has 1 amide bonds. The Hall–Kier alpha value is -1.94. The van der Waals surface area contributed by atoms with Gasteiger partial charge in [-0.25, -0.2) is 5.01 Å². The van der Waals surface area contributed by atoms with Crippen molar-refractivity contribution in [2.45, 2.75) is 26.3 Å². The largest absolute Gasteiger partial charge is 0.273 e. The zero-order valence-electron chi connectivity index (χ0n) is 11.5. The molecule has 4 heteroatoms. The lowest BCUT2D eigenvalue weighted by Gasteiger charge is -2.18. The summed E-state index contributed by atoms with van der Waals surface area (Å²) in [5.41, 5.74) is 3.31. The number of benzene rings is 1. The Balaban J connectivity index is 1.92. The summed E-state index contributed by atoms with van der Waals surface area (Å²) >= 11 is 1.67. The summed E-state index contributed by atoms with van der Waals surface area (Å²) in [7, 11) is 0. The Bertz CT molecular complexity index is 644. The van der Waals surface area contributed by atoms with E-state index in [4.69, 9.17) is 0 Å². The summed E-state index contributed by atoms with van der Waals surface area (Å²) in [4.78, 5) is 13.0. The highest BCUT2D eigenvalue weighted by Gasteiger charge is 2.31. The fraction of sp³-hybridized carbons (Fsp3) is 0.250. The van der Waals surface area contributed by atoms with Crippen molar-refractivity contribution in [1.82, 2.24) is 5.01 Å². The monoisotopic (exact) mass is 284 g/mol. The van der Waals surface area contributed by atoms with E-state index in [1.54, 1.807) is 23.3 Å². The number of carbonyl (C=O) groups is 1. The minimum atomic E-state index is -0.00879. The average Bonchev–Trinajstić information content (AvgIpc) is 3.08. The summed E-state index contributed by atoms with van der Waals surface area (Å²) in [6.07, 6.45) is 0.781. The van der Waals surface area contributed by atoms with Crippen molar-refractivity contribution in [3.05, 3.63) is 57.8 Å². The van der Waals surface area contributed by atoms with E-state index in [-0.39, 0.29) is 11.9 Å². The molecular weight excluding hydrogens is 268 g/mol. The van der Waals surface area contributed by atoms with Crippen molar-refractivity contribution >= 4 is 23.0 Å². The maximum absolute atomic E-state index is 11.8. The molecule has 0 fully saturated rings. The number of hydrogen-bond donors (Lipinski definition) is 0. The Labute approximate surface area is 122 Å². The molecule has 1 aliphatic heterocycles. The Morgan fingerprint density at radius 2 is 2.05 bits per heavy atom. The van der Waals surface area contributed by atoms with E-state index >= 15 is 0 Å². The van der Waals surface area contributed by atoms with Crippen LogP contribution in [0.15, 0.2) is 46.9 Å². The van der Waals surface area contributed by atoms with Crippen molar-refractivity contribution in [1.29, 1.82) is 0 Å². The molecule has 1 aliphatic rings. The minimum absolute atomic E-state index is 0.00879. The lowest BCUT2D eigenvalue weighted by Crippen LogP contribution is -2.23. The van der Waals surface area contributed by atoms with E-state index in [0.29, 0.717) is 0 Å². The van der Waals surface area contributed by atoms with Gasteiger partial charge in [-0.3, -0.25) is 4.79 Å². The normalized spacial score (nSPS) is 18.2. The molecule has 0 radical (unpaired) electrons. The van der Waals surface area contributed by atoms with E-state index in [1.165, 1.54) is 10.4 Å². The van der Waals surface area contributed by atoms with Crippen LogP contribution >= 0.6 is 11.3 Å². The highest BCUT2D eigenvalue weighted by Crippen LogP contribution is 2.34. The van der Waals surface area contributed by atoms with Crippen LogP contribution in [-0.4, -0.2) is 16.6 Å². The van der Waals surface area contributed by atoms with Crippen molar-refractivity contribution in [3.8, 4) is 0 Å². The Morgan fingerprint density at radius 3 is 2.65 bits per heavy atom. The van der Waals surface area contributed by atoms with Gasteiger partial charge in [-0.1, -0.05) is 35.9 Å². The van der Waals surface area contributed by atoms with Crippen LogP contribution in [0.5, 0.6) is 0 Å². The summed E-state index contributed by atoms with van der Waals surface area (Å²) < 4.78 is 0. The van der Waals surface area contributed by atoms with Gasteiger partial charge in [0.1, 0.15) is 0 Å². The van der Waals surface area contributed by atoms with Crippen molar-refractivity contribution < 1.29 is 4.79 Å². The van der Waals surface area contributed by atoms with Crippen LogP contribution in [0.1, 0.15) is 35.4 Å². The third kappa shape index (κ3) is 2.39. The molecule has 102 valence electrons. The second-order valence-corrected chi connectivity index (χ2v) is 5.99. The Kier molecular flexibility index (Phi) is 3.40. The molecule has 0 saturated heterocycles. The number of nitrogens with zero attached hydrogens (tertiary/aromatic N) is 2. The average molecular weight is 284 g/mol. The zero-order valence-corrected chi connectivity index (χ0v) is 12.4. The highest BCUT2D eigenvalue weighted by molar-refractivity contribution is 7.10. The number of carbonyl (C=O) groups excluding carboxylic acids is 1. The van der Waals surface area contributed by atoms with E-state index in [2.05, 4.69) is 42.4 Å². The van der Waals surface area contributed by atoms with E-state index in [9.17, 15) is 4.79 Å². The number of thiophene rings is 1. The molecule has 0 N–H and O–H groups in total. The van der Waals surface area contributed by atoms with Crippen molar-refractivity contribution in [2.75, 3.05) is 0 Å². The maximum Gasteiger partial charge on any atom is 0.240 e.